The fourth-order valence-corrected chi connectivity index (χ4v) is 2.92. The van der Waals surface area contributed by atoms with Crippen LogP contribution in [0.15, 0.2) is 24.3 Å². The van der Waals surface area contributed by atoms with Gasteiger partial charge in [0, 0.05) is 12.7 Å². The van der Waals surface area contributed by atoms with Crippen molar-refractivity contribution in [2.75, 3.05) is 53.9 Å². The minimum Gasteiger partial charge on any atom is -0.444 e. The van der Waals surface area contributed by atoms with E-state index in [1.54, 1.807) is 7.11 Å². The van der Waals surface area contributed by atoms with Gasteiger partial charge >= 0.3 is 6.09 Å². The van der Waals surface area contributed by atoms with Gasteiger partial charge in [0.2, 0.25) is 0 Å². The molecule has 172 valence electrons. The van der Waals surface area contributed by atoms with Crippen molar-refractivity contribution in [1.82, 2.24) is 10.2 Å². The lowest BCUT2D eigenvalue weighted by Gasteiger charge is -2.24. The minimum atomic E-state index is -0.599. The average Bonchev–Trinajstić information content (AvgIpc) is 3.19. The van der Waals surface area contributed by atoms with Crippen LogP contribution in [0.2, 0.25) is 0 Å². The van der Waals surface area contributed by atoms with Crippen LogP contribution in [-0.4, -0.2) is 76.7 Å². The fourth-order valence-electron chi connectivity index (χ4n) is 2.92. The van der Waals surface area contributed by atoms with E-state index < -0.39 is 17.7 Å². The first-order chi connectivity index (χ1) is 14.8. The molecule has 0 radical (unpaired) electrons. The van der Waals surface area contributed by atoms with Gasteiger partial charge < -0.3 is 29.0 Å². The van der Waals surface area contributed by atoms with E-state index >= 15 is 0 Å². The van der Waals surface area contributed by atoms with E-state index in [4.69, 9.17) is 23.7 Å². The number of amides is 1. The van der Waals surface area contributed by atoms with E-state index in [0.29, 0.717) is 26.3 Å². The first kappa shape index (κ1) is 25.1. The molecule has 1 heterocycles. The number of methoxy groups -OCH3 is 1. The van der Waals surface area contributed by atoms with Crippen LogP contribution in [0.5, 0.6) is 0 Å². The lowest BCUT2D eigenvalue weighted by Crippen LogP contribution is -2.37. The van der Waals surface area contributed by atoms with Gasteiger partial charge in [0.15, 0.2) is 6.29 Å². The number of nitrogens with zero attached hydrogens (tertiary/aromatic N) is 1. The highest BCUT2D eigenvalue weighted by Crippen LogP contribution is 2.19. The Labute approximate surface area is 185 Å². The number of benzene rings is 1. The molecule has 0 saturated carbocycles. The molecule has 1 aliphatic heterocycles. The molecule has 1 amide bonds. The number of likely N-dealkylation sites (N-methyl/N-ethyl adjacent to an activating group) is 1. The molecule has 0 aliphatic carbocycles. The van der Waals surface area contributed by atoms with Gasteiger partial charge in [-0.15, -0.1) is 0 Å². The van der Waals surface area contributed by atoms with Crippen molar-refractivity contribution < 1.29 is 28.5 Å². The molecule has 1 saturated heterocycles. The maximum absolute atomic E-state index is 12.4. The molecule has 0 aromatic heterocycles. The Morgan fingerprint density at radius 3 is 2.68 bits per heavy atom. The van der Waals surface area contributed by atoms with E-state index in [1.165, 1.54) is 0 Å². The van der Waals surface area contributed by atoms with Crippen molar-refractivity contribution in [1.29, 1.82) is 0 Å². The van der Waals surface area contributed by atoms with Crippen molar-refractivity contribution in [3.8, 4) is 11.8 Å². The van der Waals surface area contributed by atoms with Gasteiger partial charge in [-0.3, -0.25) is 4.90 Å². The molecule has 1 fully saturated rings. The Hall–Kier alpha value is -2.15. The number of hydrogen-bond donors (Lipinski definition) is 1. The normalized spacial score (nSPS) is 15.4. The molecule has 1 aromatic rings. The Morgan fingerprint density at radius 2 is 2.00 bits per heavy atom. The summed E-state index contributed by atoms with van der Waals surface area (Å²) < 4.78 is 26.8. The van der Waals surface area contributed by atoms with Gasteiger partial charge in [-0.05, 0) is 39.4 Å². The van der Waals surface area contributed by atoms with Crippen LogP contribution in [0.1, 0.15) is 37.9 Å². The fraction of sp³-hybridized carbons (Fsp3) is 0.609. The first-order valence-corrected chi connectivity index (χ1v) is 10.3. The van der Waals surface area contributed by atoms with Crippen molar-refractivity contribution in [3.05, 3.63) is 35.4 Å². The number of hydrogen-bond acceptors (Lipinski definition) is 7. The topological polar surface area (TPSA) is 78.5 Å². The highest BCUT2D eigenvalue weighted by molar-refractivity contribution is 5.68. The molecule has 8 nitrogen and oxygen atoms in total. The third kappa shape index (κ3) is 9.68. The van der Waals surface area contributed by atoms with Crippen LogP contribution in [-0.2, 0) is 23.7 Å². The Morgan fingerprint density at radius 1 is 1.29 bits per heavy atom. The smallest absolute Gasteiger partial charge is 0.408 e. The predicted molar refractivity (Wildman–Crippen MR) is 116 cm³/mol. The summed E-state index contributed by atoms with van der Waals surface area (Å²) >= 11 is 0. The maximum Gasteiger partial charge on any atom is 0.408 e. The zero-order valence-corrected chi connectivity index (χ0v) is 19.1. The summed E-state index contributed by atoms with van der Waals surface area (Å²) in [6.07, 6.45) is -0.711. The molecule has 8 heteroatoms. The van der Waals surface area contributed by atoms with Gasteiger partial charge in [-0.1, -0.05) is 30.0 Å². The summed E-state index contributed by atoms with van der Waals surface area (Å²) in [7, 11) is 3.52. The number of carbonyl (C=O) groups excluding carboxylic acids is 1. The highest BCUT2D eigenvalue weighted by atomic mass is 16.7. The van der Waals surface area contributed by atoms with E-state index in [2.05, 4.69) is 17.2 Å². The summed E-state index contributed by atoms with van der Waals surface area (Å²) in [6.45, 7) is 8.29. The van der Waals surface area contributed by atoms with Crippen LogP contribution in [0.25, 0.3) is 0 Å². The van der Waals surface area contributed by atoms with Crippen LogP contribution < -0.4 is 5.32 Å². The number of nitrogens with one attached hydrogen (secondary N) is 1. The second-order valence-corrected chi connectivity index (χ2v) is 8.23. The largest absolute Gasteiger partial charge is 0.444 e. The first-order valence-electron chi connectivity index (χ1n) is 10.3. The summed E-state index contributed by atoms with van der Waals surface area (Å²) in [6, 6.07) is 7.23. The number of ether oxygens (including phenoxy) is 5. The SMILES string of the molecule is COCOCC(NC(=O)OC(C)(C)C)c1ccccc1C#CCN(C)CC1OCCO1. The van der Waals surface area contributed by atoms with Crippen molar-refractivity contribution in [2.24, 2.45) is 0 Å². The standard InChI is InChI=1S/C23H34N2O6/c1-23(2,3)31-22(26)24-20(16-28-17-27-5)19-11-7-6-9-18(19)10-8-12-25(4)15-21-29-13-14-30-21/h6-7,9,11,20-21H,12-17H2,1-5H3,(H,24,26). The average molecular weight is 435 g/mol. The van der Waals surface area contributed by atoms with Crippen LogP contribution in [0.3, 0.4) is 0 Å². The van der Waals surface area contributed by atoms with Crippen LogP contribution in [0.4, 0.5) is 4.79 Å². The van der Waals surface area contributed by atoms with Gasteiger partial charge in [-0.25, -0.2) is 4.79 Å². The summed E-state index contributed by atoms with van der Waals surface area (Å²) in [5.41, 5.74) is 1.06. The second-order valence-electron chi connectivity index (χ2n) is 8.23. The second kappa shape index (κ2) is 12.6. The van der Waals surface area contributed by atoms with E-state index in [-0.39, 0.29) is 19.7 Å². The molecule has 31 heavy (non-hydrogen) atoms. The van der Waals surface area contributed by atoms with Gasteiger partial charge in [-0.2, -0.15) is 0 Å². The van der Waals surface area contributed by atoms with E-state index in [9.17, 15) is 4.79 Å². The Balaban J connectivity index is 2.08. The molecule has 2 rings (SSSR count). The third-order valence-corrected chi connectivity index (χ3v) is 4.24. The van der Waals surface area contributed by atoms with Crippen molar-refractivity contribution >= 4 is 6.09 Å². The third-order valence-electron chi connectivity index (χ3n) is 4.24. The molecule has 0 bridgehead atoms. The maximum atomic E-state index is 12.4. The lowest BCUT2D eigenvalue weighted by molar-refractivity contribution is -0.0564. The van der Waals surface area contributed by atoms with Crippen LogP contribution in [0, 0.1) is 11.8 Å². The monoisotopic (exact) mass is 434 g/mol. The molecule has 1 atom stereocenters. The molecule has 1 N–H and O–H groups in total. The van der Waals surface area contributed by atoms with Crippen LogP contribution >= 0.6 is 0 Å². The van der Waals surface area contributed by atoms with Crippen molar-refractivity contribution in [3.63, 3.8) is 0 Å². The van der Waals surface area contributed by atoms with E-state index in [0.717, 1.165) is 11.1 Å². The van der Waals surface area contributed by atoms with Gasteiger partial charge in [0.25, 0.3) is 0 Å². The predicted octanol–water partition coefficient (Wildman–Crippen LogP) is 2.53. The molecule has 1 aromatic carbocycles. The van der Waals surface area contributed by atoms with Gasteiger partial charge in [0.05, 0.1) is 39.0 Å². The summed E-state index contributed by atoms with van der Waals surface area (Å²) in [4.78, 5) is 14.4. The summed E-state index contributed by atoms with van der Waals surface area (Å²) in [5.74, 6) is 6.39. The molecular weight excluding hydrogens is 400 g/mol. The Kier molecular flexibility index (Phi) is 10.2. The van der Waals surface area contributed by atoms with E-state index in [1.807, 2.05) is 57.0 Å². The molecule has 1 unspecified atom stereocenters. The molecule has 1 aliphatic rings. The van der Waals surface area contributed by atoms with Crippen molar-refractivity contribution in [2.45, 2.75) is 38.7 Å². The zero-order valence-electron chi connectivity index (χ0n) is 19.1. The Bertz CT molecular complexity index is 746. The number of alkyl carbamates (subject to hydrolysis) is 1. The van der Waals surface area contributed by atoms with Gasteiger partial charge in [0.1, 0.15) is 12.4 Å². The highest BCUT2D eigenvalue weighted by Gasteiger charge is 2.22. The lowest BCUT2D eigenvalue weighted by atomic mass is 10.0. The zero-order chi connectivity index (χ0) is 22.7. The number of carbonyl (C=O) groups is 1. The quantitative estimate of drug-likeness (QED) is 0.364. The molecular formula is C23H34N2O6. The minimum absolute atomic E-state index is 0.121. The summed E-state index contributed by atoms with van der Waals surface area (Å²) in [5, 5.41) is 2.88. The number of rotatable bonds is 9. The molecule has 0 spiro atoms.